The van der Waals surface area contributed by atoms with Gasteiger partial charge in [0.2, 0.25) is 5.69 Å². The van der Waals surface area contributed by atoms with Gasteiger partial charge in [-0.2, -0.15) is 18.3 Å². The van der Waals surface area contributed by atoms with Crippen molar-refractivity contribution in [3.05, 3.63) is 55.4 Å². The molecule has 1 aromatic heterocycles. The molecule has 2 rings (SSSR count). The monoisotopic (exact) mass is 330 g/mol. The molecule has 0 saturated heterocycles. The van der Waals surface area contributed by atoms with Crippen LogP contribution in [0.25, 0.3) is 5.69 Å². The number of alkyl halides is 3. The van der Waals surface area contributed by atoms with E-state index in [1.807, 2.05) is 0 Å². The first-order valence-electron chi connectivity index (χ1n) is 6.10. The minimum Gasteiger partial charge on any atom is -0.258 e. The smallest absolute Gasteiger partial charge is 0.258 e. The van der Waals surface area contributed by atoms with Gasteiger partial charge in [-0.3, -0.25) is 20.2 Å². The van der Waals surface area contributed by atoms with E-state index in [4.69, 9.17) is 0 Å². The van der Waals surface area contributed by atoms with Crippen LogP contribution >= 0.6 is 0 Å². The Hall–Kier alpha value is -2.98. The Kier molecular flexibility index (Phi) is 3.80. The highest BCUT2D eigenvalue weighted by molar-refractivity contribution is 5.67. The molecule has 0 fully saturated rings. The zero-order valence-electron chi connectivity index (χ0n) is 11.8. The van der Waals surface area contributed by atoms with Crippen molar-refractivity contribution in [3.63, 3.8) is 0 Å². The van der Waals surface area contributed by atoms with Crippen LogP contribution in [0.4, 0.5) is 24.5 Å². The first-order valence-corrected chi connectivity index (χ1v) is 6.10. The van der Waals surface area contributed by atoms with Gasteiger partial charge in [0.15, 0.2) is 0 Å². The normalized spacial score (nSPS) is 11.5. The highest BCUT2D eigenvalue weighted by atomic mass is 19.4. The zero-order valence-corrected chi connectivity index (χ0v) is 11.8. The van der Waals surface area contributed by atoms with Gasteiger partial charge in [0, 0.05) is 17.8 Å². The molecule has 23 heavy (non-hydrogen) atoms. The van der Waals surface area contributed by atoms with E-state index in [2.05, 4.69) is 5.10 Å². The number of rotatable bonds is 3. The minimum atomic E-state index is -4.96. The van der Waals surface area contributed by atoms with Crippen molar-refractivity contribution in [2.24, 2.45) is 0 Å². The second-order valence-corrected chi connectivity index (χ2v) is 4.71. The maximum atomic E-state index is 12.8. The molecule has 0 unspecified atom stereocenters. The molecule has 0 radical (unpaired) electrons. The van der Waals surface area contributed by atoms with Gasteiger partial charge in [0.25, 0.3) is 0 Å². The van der Waals surface area contributed by atoms with E-state index in [0.717, 1.165) is 4.68 Å². The van der Waals surface area contributed by atoms with Crippen LogP contribution in [0.2, 0.25) is 0 Å². The van der Waals surface area contributed by atoms with Crippen LogP contribution < -0.4 is 0 Å². The molecule has 1 aromatic carbocycles. The first kappa shape index (κ1) is 16.4. The second-order valence-electron chi connectivity index (χ2n) is 4.71. The fourth-order valence-electron chi connectivity index (χ4n) is 2.12. The van der Waals surface area contributed by atoms with Crippen LogP contribution in [0.15, 0.2) is 18.2 Å². The van der Waals surface area contributed by atoms with Crippen molar-refractivity contribution in [2.45, 2.75) is 20.0 Å². The van der Waals surface area contributed by atoms with Gasteiger partial charge in [-0.05, 0) is 19.9 Å². The lowest BCUT2D eigenvalue weighted by Crippen LogP contribution is -2.12. The van der Waals surface area contributed by atoms with E-state index in [-0.39, 0.29) is 12.1 Å². The predicted octanol–water partition coefficient (Wildman–Crippen LogP) is 3.32. The van der Waals surface area contributed by atoms with Crippen LogP contribution in [0.3, 0.4) is 0 Å². The lowest BCUT2D eigenvalue weighted by molar-refractivity contribution is -0.394. The summed E-state index contributed by atoms with van der Waals surface area (Å²) in [5.41, 5.74) is -3.45. The molecule has 0 saturated carbocycles. The quantitative estimate of drug-likeness (QED) is 0.634. The zero-order chi connectivity index (χ0) is 17.5. The third-order valence-electron chi connectivity index (χ3n) is 3.01. The molecular weight excluding hydrogens is 321 g/mol. The Labute approximate surface area is 126 Å². The molecule has 0 aliphatic heterocycles. The topological polar surface area (TPSA) is 104 Å². The van der Waals surface area contributed by atoms with E-state index in [1.54, 1.807) is 6.92 Å². The average molecular weight is 330 g/mol. The van der Waals surface area contributed by atoms with Gasteiger partial charge in [-0.15, -0.1) is 0 Å². The SMILES string of the molecule is Cc1cc(C)n(-c2c([N+](=O)[O-])cc(C(F)(F)F)cc2[N+](=O)[O-])n1. The van der Waals surface area contributed by atoms with E-state index < -0.39 is 38.6 Å². The summed E-state index contributed by atoms with van der Waals surface area (Å²) in [5, 5.41) is 26.2. The van der Waals surface area contributed by atoms with Crippen LogP contribution in [-0.2, 0) is 6.18 Å². The summed E-state index contributed by atoms with van der Waals surface area (Å²) in [4.78, 5) is 20.1. The summed E-state index contributed by atoms with van der Waals surface area (Å²) in [6.07, 6.45) is -4.96. The van der Waals surface area contributed by atoms with Crippen LogP contribution in [-0.4, -0.2) is 19.6 Å². The number of aromatic nitrogens is 2. The molecule has 0 aliphatic rings. The standard InChI is InChI=1S/C12H9F3N4O4/c1-6-3-7(2)17(16-6)11-9(18(20)21)4-8(12(13,14)15)5-10(11)19(22)23/h3-5H,1-2H3. The number of nitrogens with zero attached hydrogens (tertiary/aromatic N) is 4. The van der Waals surface area contributed by atoms with Gasteiger partial charge in [0.1, 0.15) is 0 Å². The minimum absolute atomic E-state index is 0.263. The van der Waals surface area contributed by atoms with Gasteiger partial charge in [0.05, 0.1) is 21.1 Å². The van der Waals surface area contributed by atoms with Crippen molar-refractivity contribution in [1.82, 2.24) is 9.78 Å². The van der Waals surface area contributed by atoms with Crippen molar-refractivity contribution in [2.75, 3.05) is 0 Å². The molecule has 0 aliphatic carbocycles. The summed E-state index contributed by atoms with van der Waals surface area (Å²) in [5.74, 6) is 0. The largest absolute Gasteiger partial charge is 0.416 e. The summed E-state index contributed by atoms with van der Waals surface area (Å²) >= 11 is 0. The van der Waals surface area contributed by atoms with Crippen molar-refractivity contribution in [3.8, 4) is 5.69 Å². The van der Waals surface area contributed by atoms with Crippen molar-refractivity contribution < 1.29 is 23.0 Å². The highest BCUT2D eigenvalue weighted by Crippen LogP contribution is 2.40. The van der Waals surface area contributed by atoms with E-state index in [0.29, 0.717) is 11.4 Å². The maximum absolute atomic E-state index is 12.8. The molecule has 0 atom stereocenters. The molecule has 2 aromatic rings. The lowest BCUT2D eigenvalue weighted by Gasteiger charge is -2.10. The molecule has 1 heterocycles. The maximum Gasteiger partial charge on any atom is 0.416 e. The Balaban J connectivity index is 2.91. The third-order valence-corrected chi connectivity index (χ3v) is 3.01. The number of hydrogen-bond donors (Lipinski definition) is 0. The fraction of sp³-hybridized carbons (Fsp3) is 0.250. The lowest BCUT2D eigenvalue weighted by atomic mass is 10.1. The molecule has 0 N–H and O–H groups in total. The summed E-state index contributed by atoms with van der Waals surface area (Å²) in [6, 6.07) is 2.02. The number of benzene rings is 1. The molecule has 11 heteroatoms. The summed E-state index contributed by atoms with van der Waals surface area (Å²) < 4.78 is 39.4. The number of nitro benzene ring substituents is 2. The molecular formula is C12H9F3N4O4. The number of hydrogen-bond acceptors (Lipinski definition) is 5. The third kappa shape index (κ3) is 2.98. The first-order chi connectivity index (χ1) is 10.5. The number of nitro groups is 2. The molecule has 122 valence electrons. The van der Waals surface area contributed by atoms with Gasteiger partial charge in [-0.1, -0.05) is 0 Å². The Morgan fingerprint density at radius 2 is 1.52 bits per heavy atom. The molecule has 0 amide bonds. The van der Waals surface area contributed by atoms with Crippen LogP contribution in [0.5, 0.6) is 0 Å². The molecule has 0 spiro atoms. The summed E-state index contributed by atoms with van der Waals surface area (Å²) in [7, 11) is 0. The predicted molar refractivity (Wildman–Crippen MR) is 71.3 cm³/mol. The van der Waals surface area contributed by atoms with Gasteiger partial charge in [-0.25, -0.2) is 4.68 Å². The average Bonchev–Trinajstić information content (AvgIpc) is 2.74. The highest BCUT2D eigenvalue weighted by Gasteiger charge is 2.38. The Bertz CT molecular complexity index is 778. The van der Waals surface area contributed by atoms with Crippen molar-refractivity contribution >= 4 is 11.4 Å². The van der Waals surface area contributed by atoms with Crippen molar-refractivity contribution in [1.29, 1.82) is 0 Å². The summed E-state index contributed by atoms with van der Waals surface area (Å²) in [6.45, 7) is 3.02. The fourth-order valence-corrected chi connectivity index (χ4v) is 2.12. The van der Waals surface area contributed by atoms with Crippen LogP contribution in [0.1, 0.15) is 17.0 Å². The van der Waals surface area contributed by atoms with E-state index in [9.17, 15) is 33.4 Å². The second kappa shape index (κ2) is 5.34. The van der Waals surface area contributed by atoms with Gasteiger partial charge >= 0.3 is 17.6 Å². The Morgan fingerprint density at radius 1 is 1.04 bits per heavy atom. The number of halogens is 3. The molecule has 8 nitrogen and oxygen atoms in total. The van der Waals surface area contributed by atoms with Gasteiger partial charge < -0.3 is 0 Å². The van der Waals surface area contributed by atoms with Crippen LogP contribution in [0, 0.1) is 34.1 Å². The van der Waals surface area contributed by atoms with E-state index in [1.165, 1.54) is 13.0 Å². The van der Waals surface area contributed by atoms with E-state index >= 15 is 0 Å². The number of aryl methyl sites for hydroxylation is 2. The molecule has 0 bridgehead atoms. The Morgan fingerprint density at radius 3 is 1.83 bits per heavy atom.